The van der Waals surface area contributed by atoms with Crippen molar-refractivity contribution < 1.29 is 4.42 Å². The van der Waals surface area contributed by atoms with E-state index in [1.807, 2.05) is 30.3 Å². The lowest BCUT2D eigenvalue weighted by atomic mass is 10.1. The maximum atomic E-state index is 5.20. The SMILES string of the molecule is Cc1ccc(NC(=S)NNC(=S)NCc2ccco2)cc1C. The molecular formula is C15H18N4OS2. The summed E-state index contributed by atoms with van der Waals surface area (Å²) in [6.07, 6.45) is 1.62. The normalized spacial score (nSPS) is 9.91. The molecule has 2 aromatic rings. The first kappa shape index (κ1) is 16.3. The molecule has 0 amide bonds. The minimum Gasteiger partial charge on any atom is -0.467 e. The lowest BCUT2D eigenvalue weighted by molar-refractivity contribution is 0.502. The van der Waals surface area contributed by atoms with Crippen LogP contribution in [0.4, 0.5) is 5.69 Å². The second kappa shape index (κ2) is 7.77. The van der Waals surface area contributed by atoms with Crippen LogP contribution in [0.5, 0.6) is 0 Å². The van der Waals surface area contributed by atoms with Crippen molar-refractivity contribution in [3.8, 4) is 0 Å². The van der Waals surface area contributed by atoms with Crippen molar-refractivity contribution in [2.75, 3.05) is 5.32 Å². The molecule has 0 saturated carbocycles. The van der Waals surface area contributed by atoms with E-state index in [9.17, 15) is 0 Å². The molecule has 0 fully saturated rings. The topological polar surface area (TPSA) is 61.3 Å². The van der Waals surface area contributed by atoms with E-state index < -0.39 is 0 Å². The quantitative estimate of drug-likeness (QED) is 0.508. The van der Waals surface area contributed by atoms with Crippen LogP contribution in [0.25, 0.3) is 0 Å². The third-order valence-corrected chi connectivity index (χ3v) is 3.51. The van der Waals surface area contributed by atoms with Crippen molar-refractivity contribution in [3.63, 3.8) is 0 Å². The Bertz CT molecular complexity index is 656. The molecule has 0 atom stereocenters. The van der Waals surface area contributed by atoms with Gasteiger partial charge >= 0.3 is 0 Å². The van der Waals surface area contributed by atoms with E-state index >= 15 is 0 Å². The number of rotatable bonds is 3. The maximum absolute atomic E-state index is 5.20. The highest BCUT2D eigenvalue weighted by Crippen LogP contribution is 2.13. The van der Waals surface area contributed by atoms with Crippen LogP contribution >= 0.6 is 24.4 Å². The number of hydrogen-bond donors (Lipinski definition) is 4. The fourth-order valence-electron chi connectivity index (χ4n) is 1.72. The van der Waals surface area contributed by atoms with Crippen molar-refractivity contribution in [2.24, 2.45) is 0 Å². The Labute approximate surface area is 140 Å². The molecule has 22 heavy (non-hydrogen) atoms. The molecule has 0 spiro atoms. The van der Waals surface area contributed by atoms with Gasteiger partial charge in [0, 0.05) is 5.69 Å². The lowest BCUT2D eigenvalue weighted by Gasteiger charge is -2.14. The van der Waals surface area contributed by atoms with Crippen LogP contribution in [0.15, 0.2) is 41.0 Å². The van der Waals surface area contributed by atoms with Crippen molar-refractivity contribution in [1.82, 2.24) is 16.2 Å². The van der Waals surface area contributed by atoms with Crippen LogP contribution in [0.3, 0.4) is 0 Å². The summed E-state index contributed by atoms with van der Waals surface area (Å²) in [5.41, 5.74) is 9.02. The molecule has 0 aliphatic heterocycles. The van der Waals surface area contributed by atoms with Gasteiger partial charge in [-0.3, -0.25) is 10.9 Å². The third-order valence-electron chi connectivity index (χ3n) is 3.06. The van der Waals surface area contributed by atoms with E-state index in [1.165, 1.54) is 11.1 Å². The smallest absolute Gasteiger partial charge is 0.189 e. The van der Waals surface area contributed by atoms with Crippen molar-refractivity contribution in [1.29, 1.82) is 0 Å². The molecule has 1 heterocycles. The van der Waals surface area contributed by atoms with E-state index in [4.69, 9.17) is 28.9 Å². The summed E-state index contributed by atoms with van der Waals surface area (Å²) in [5, 5.41) is 6.95. The second-order valence-electron chi connectivity index (χ2n) is 4.77. The average Bonchev–Trinajstić information content (AvgIpc) is 3.00. The summed E-state index contributed by atoms with van der Waals surface area (Å²) < 4.78 is 5.20. The number of hydrogen-bond acceptors (Lipinski definition) is 3. The number of thiocarbonyl (C=S) groups is 2. The number of anilines is 1. The molecule has 0 saturated heterocycles. The van der Waals surface area contributed by atoms with Gasteiger partial charge in [0.1, 0.15) is 5.76 Å². The number of benzene rings is 1. The molecule has 0 aliphatic carbocycles. The van der Waals surface area contributed by atoms with Gasteiger partial charge in [0.2, 0.25) is 0 Å². The van der Waals surface area contributed by atoms with Crippen LogP contribution in [0, 0.1) is 13.8 Å². The summed E-state index contributed by atoms with van der Waals surface area (Å²) in [6, 6.07) is 9.76. The predicted molar refractivity (Wildman–Crippen MR) is 96.6 cm³/mol. The molecule has 4 N–H and O–H groups in total. The van der Waals surface area contributed by atoms with Crippen LogP contribution in [0.2, 0.25) is 0 Å². The Morgan fingerprint density at radius 1 is 1.05 bits per heavy atom. The standard InChI is InChI=1S/C15H18N4OS2/c1-10-5-6-12(8-11(10)2)17-15(22)19-18-14(21)16-9-13-4-3-7-20-13/h3-8H,9H2,1-2H3,(H2,16,18,21)(H2,17,19,22). The number of aryl methyl sites for hydroxylation is 2. The van der Waals surface area contributed by atoms with E-state index in [1.54, 1.807) is 6.26 Å². The highest BCUT2D eigenvalue weighted by Gasteiger charge is 2.01. The first-order valence-electron chi connectivity index (χ1n) is 6.75. The zero-order chi connectivity index (χ0) is 15.9. The maximum Gasteiger partial charge on any atom is 0.189 e. The summed E-state index contributed by atoms with van der Waals surface area (Å²) in [6.45, 7) is 4.64. The molecule has 0 aliphatic rings. The minimum atomic E-state index is 0.431. The Morgan fingerprint density at radius 3 is 2.50 bits per heavy atom. The number of nitrogens with one attached hydrogen (secondary N) is 4. The van der Waals surface area contributed by atoms with E-state index in [2.05, 4.69) is 35.3 Å². The fraction of sp³-hybridized carbons (Fsp3) is 0.200. The average molecular weight is 334 g/mol. The first-order valence-corrected chi connectivity index (χ1v) is 7.57. The van der Waals surface area contributed by atoms with E-state index in [0.29, 0.717) is 16.8 Å². The van der Waals surface area contributed by atoms with Crippen LogP contribution in [-0.2, 0) is 6.54 Å². The van der Waals surface area contributed by atoms with Gasteiger partial charge in [-0.25, -0.2) is 0 Å². The number of hydrazine groups is 1. The number of furan rings is 1. The first-order chi connectivity index (χ1) is 10.5. The van der Waals surface area contributed by atoms with Crippen molar-refractivity contribution in [3.05, 3.63) is 53.5 Å². The van der Waals surface area contributed by atoms with Crippen LogP contribution < -0.4 is 21.5 Å². The molecule has 1 aromatic heterocycles. The summed E-state index contributed by atoms with van der Waals surface area (Å²) in [5.74, 6) is 0.806. The summed E-state index contributed by atoms with van der Waals surface area (Å²) >= 11 is 10.3. The molecule has 7 heteroatoms. The van der Waals surface area contributed by atoms with Gasteiger partial charge in [-0.1, -0.05) is 6.07 Å². The van der Waals surface area contributed by atoms with Crippen molar-refractivity contribution >= 4 is 40.3 Å². The zero-order valence-electron chi connectivity index (χ0n) is 12.4. The molecule has 0 bridgehead atoms. The lowest BCUT2D eigenvalue weighted by Crippen LogP contribution is -2.47. The second-order valence-corrected chi connectivity index (χ2v) is 5.58. The summed E-state index contributed by atoms with van der Waals surface area (Å²) in [4.78, 5) is 0. The van der Waals surface area contributed by atoms with Gasteiger partial charge in [-0.2, -0.15) is 0 Å². The minimum absolute atomic E-state index is 0.431. The highest BCUT2D eigenvalue weighted by atomic mass is 32.1. The Balaban J connectivity index is 1.72. The zero-order valence-corrected chi connectivity index (χ0v) is 14.0. The third kappa shape index (κ3) is 5.01. The highest BCUT2D eigenvalue weighted by molar-refractivity contribution is 7.80. The summed E-state index contributed by atoms with van der Waals surface area (Å²) in [7, 11) is 0. The molecule has 5 nitrogen and oxygen atoms in total. The van der Waals surface area contributed by atoms with Gasteiger partial charge in [0.25, 0.3) is 0 Å². The van der Waals surface area contributed by atoms with E-state index in [0.717, 1.165) is 11.4 Å². The van der Waals surface area contributed by atoms with Gasteiger partial charge in [0.05, 0.1) is 12.8 Å². The Kier molecular flexibility index (Phi) is 5.74. The van der Waals surface area contributed by atoms with Crippen LogP contribution in [0.1, 0.15) is 16.9 Å². The van der Waals surface area contributed by atoms with Gasteiger partial charge in [-0.05, 0) is 73.7 Å². The molecular weight excluding hydrogens is 316 g/mol. The largest absolute Gasteiger partial charge is 0.467 e. The van der Waals surface area contributed by atoms with Gasteiger partial charge in [0.15, 0.2) is 10.2 Å². The van der Waals surface area contributed by atoms with E-state index in [-0.39, 0.29) is 0 Å². The van der Waals surface area contributed by atoms with Crippen LogP contribution in [-0.4, -0.2) is 10.2 Å². The Hall–Kier alpha value is -2.12. The monoisotopic (exact) mass is 334 g/mol. The predicted octanol–water partition coefficient (Wildman–Crippen LogP) is 2.76. The fourth-order valence-corrected chi connectivity index (χ4v) is 2.01. The molecule has 2 rings (SSSR count). The molecule has 116 valence electrons. The van der Waals surface area contributed by atoms with Crippen molar-refractivity contribution in [2.45, 2.75) is 20.4 Å². The van der Waals surface area contributed by atoms with Gasteiger partial charge in [-0.15, -0.1) is 0 Å². The van der Waals surface area contributed by atoms with Gasteiger partial charge < -0.3 is 15.1 Å². The molecule has 0 unspecified atom stereocenters. The molecule has 0 radical (unpaired) electrons. The Morgan fingerprint density at radius 2 is 1.82 bits per heavy atom. The molecule has 1 aromatic carbocycles.